The van der Waals surface area contributed by atoms with Crippen LogP contribution in [0.25, 0.3) is 0 Å². The smallest absolute Gasteiger partial charge is 0.161 e. The van der Waals surface area contributed by atoms with Gasteiger partial charge in [-0.15, -0.1) is 0 Å². The molecule has 0 unspecified atom stereocenters. The highest BCUT2D eigenvalue weighted by Gasteiger charge is 2.13. The van der Waals surface area contributed by atoms with Crippen molar-refractivity contribution in [1.29, 1.82) is 0 Å². The fourth-order valence-corrected chi connectivity index (χ4v) is 3.31. The third-order valence-electron chi connectivity index (χ3n) is 3.60. The second kappa shape index (κ2) is 8.72. The van der Waals surface area contributed by atoms with E-state index in [1.165, 1.54) is 23.6 Å². The van der Waals surface area contributed by atoms with Crippen LogP contribution in [0.4, 0.5) is 0 Å². The molecule has 1 nitrogen and oxygen atoms in total. The Balaban J connectivity index is 2.02. The van der Waals surface area contributed by atoms with Gasteiger partial charge in [-0.05, 0) is 23.6 Å². The zero-order chi connectivity index (χ0) is 14.0. The molecule has 0 radical (unpaired) electrons. The highest BCUT2D eigenvalue weighted by Crippen LogP contribution is 2.27. The summed E-state index contributed by atoms with van der Waals surface area (Å²) in [6.07, 6.45) is 2.33. The van der Waals surface area contributed by atoms with Crippen molar-refractivity contribution in [2.75, 3.05) is 6.61 Å². The number of rotatable bonds is 8. The fraction of sp³-hybridized carbons (Fsp3) is 0.333. The maximum atomic E-state index is 5.89. The Hall–Kier alpha value is -1.38. The summed E-state index contributed by atoms with van der Waals surface area (Å²) < 4.78 is 5.89. The van der Waals surface area contributed by atoms with E-state index in [0.29, 0.717) is 5.92 Å². The number of hydrogen-bond acceptors (Lipinski definition) is 1. The molecule has 2 aromatic carbocycles. The molecule has 0 saturated heterocycles. The van der Waals surface area contributed by atoms with Crippen LogP contribution in [0.5, 0.6) is 0 Å². The van der Waals surface area contributed by atoms with E-state index in [4.69, 9.17) is 4.43 Å². The van der Waals surface area contributed by atoms with Gasteiger partial charge < -0.3 is 4.43 Å². The second-order valence-corrected chi connectivity index (χ2v) is 6.65. The molecule has 0 aliphatic rings. The molecule has 2 aromatic rings. The molecule has 0 fully saturated rings. The largest absolute Gasteiger partial charge is 0.424 e. The zero-order valence-corrected chi connectivity index (χ0v) is 13.7. The van der Waals surface area contributed by atoms with Crippen LogP contribution in [0, 0.1) is 0 Å². The minimum atomic E-state index is -0.291. The number of benzene rings is 2. The van der Waals surface area contributed by atoms with Gasteiger partial charge in [-0.2, -0.15) is 0 Å². The Kier molecular flexibility index (Phi) is 6.55. The third kappa shape index (κ3) is 4.62. The first-order valence-corrected chi connectivity index (χ1v) is 9.17. The van der Waals surface area contributed by atoms with Crippen LogP contribution in [-0.2, 0) is 4.43 Å². The third-order valence-corrected chi connectivity index (χ3v) is 5.17. The summed E-state index contributed by atoms with van der Waals surface area (Å²) in [7, 11) is -0.291. The van der Waals surface area contributed by atoms with E-state index in [9.17, 15) is 0 Å². The topological polar surface area (TPSA) is 9.23 Å². The molecule has 0 aliphatic carbocycles. The Labute approximate surface area is 124 Å². The van der Waals surface area contributed by atoms with Gasteiger partial charge in [0.05, 0.1) is 0 Å². The van der Waals surface area contributed by atoms with Crippen LogP contribution in [0.15, 0.2) is 60.7 Å². The molecule has 2 heteroatoms. The van der Waals surface area contributed by atoms with Crippen LogP contribution >= 0.6 is 0 Å². The first-order chi connectivity index (χ1) is 9.92. The fourth-order valence-electron chi connectivity index (χ4n) is 2.45. The summed E-state index contributed by atoms with van der Waals surface area (Å²) in [5.74, 6) is 0.452. The van der Waals surface area contributed by atoms with Gasteiger partial charge in [0.2, 0.25) is 0 Å². The van der Waals surface area contributed by atoms with Gasteiger partial charge in [-0.3, -0.25) is 0 Å². The summed E-state index contributed by atoms with van der Waals surface area (Å²) >= 11 is 0. The molecule has 0 aliphatic heterocycles. The lowest BCUT2D eigenvalue weighted by Gasteiger charge is -2.18. The maximum Gasteiger partial charge on any atom is 0.161 e. The quantitative estimate of drug-likeness (QED) is 0.523. The Morgan fingerprint density at radius 2 is 1.45 bits per heavy atom. The molecule has 20 heavy (non-hydrogen) atoms. The van der Waals surface area contributed by atoms with Crippen molar-refractivity contribution in [3.05, 3.63) is 71.8 Å². The van der Waals surface area contributed by atoms with Crippen molar-refractivity contribution in [2.24, 2.45) is 0 Å². The van der Waals surface area contributed by atoms with Crippen molar-refractivity contribution < 1.29 is 4.43 Å². The van der Waals surface area contributed by atoms with E-state index < -0.39 is 0 Å². The maximum absolute atomic E-state index is 5.89. The minimum absolute atomic E-state index is 0.291. The first-order valence-electron chi connectivity index (χ1n) is 7.59. The Morgan fingerprint density at radius 3 is 1.95 bits per heavy atom. The summed E-state index contributed by atoms with van der Waals surface area (Å²) in [6, 6.07) is 22.8. The van der Waals surface area contributed by atoms with Crippen LogP contribution in [0.3, 0.4) is 0 Å². The molecule has 0 amide bonds. The van der Waals surface area contributed by atoms with E-state index in [1.807, 2.05) is 0 Å². The van der Waals surface area contributed by atoms with Crippen LogP contribution < -0.4 is 0 Å². The monoisotopic (exact) mass is 284 g/mol. The van der Waals surface area contributed by atoms with Gasteiger partial charge in [0.1, 0.15) is 0 Å². The predicted molar refractivity (Wildman–Crippen MR) is 88.9 cm³/mol. The molecule has 106 valence electrons. The van der Waals surface area contributed by atoms with Gasteiger partial charge in [0.25, 0.3) is 0 Å². The summed E-state index contributed by atoms with van der Waals surface area (Å²) in [5.41, 5.74) is 2.78. The van der Waals surface area contributed by atoms with Gasteiger partial charge >= 0.3 is 0 Å². The highest BCUT2D eigenvalue weighted by molar-refractivity contribution is 6.26. The van der Waals surface area contributed by atoms with E-state index in [1.54, 1.807) is 0 Å². The van der Waals surface area contributed by atoms with E-state index in [0.717, 1.165) is 13.0 Å². The zero-order valence-electron chi connectivity index (χ0n) is 12.3. The van der Waals surface area contributed by atoms with E-state index in [-0.39, 0.29) is 9.76 Å². The van der Waals surface area contributed by atoms with E-state index >= 15 is 0 Å². The second-order valence-electron chi connectivity index (χ2n) is 5.13. The average Bonchev–Trinajstić information content (AvgIpc) is 2.53. The standard InChI is InChI=1S/C18H24OSi/c1-2-15-20-19-14-13-18(16-9-5-3-6-10-16)17-11-7-4-8-12-17/h3-12,18H,2,13-15,20H2,1H3. The molecular weight excluding hydrogens is 260 g/mol. The Morgan fingerprint density at radius 1 is 0.900 bits per heavy atom. The predicted octanol–water partition coefficient (Wildman–Crippen LogP) is 4.14. The molecule has 2 rings (SSSR count). The van der Waals surface area contributed by atoms with Crippen molar-refractivity contribution in [2.45, 2.75) is 31.7 Å². The van der Waals surface area contributed by atoms with Crippen molar-refractivity contribution in [1.82, 2.24) is 0 Å². The van der Waals surface area contributed by atoms with Crippen molar-refractivity contribution in [3.63, 3.8) is 0 Å². The molecule has 0 aromatic heterocycles. The molecule has 0 N–H and O–H groups in total. The normalized spacial score (nSPS) is 11.5. The lowest BCUT2D eigenvalue weighted by atomic mass is 9.89. The van der Waals surface area contributed by atoms with Crippen molar-refractivity contribution >= 4 is 9.76 Å². The summed E-state index contributed by atoms with van der Waals surface area (Å²) in [4.78, 5) is 0. The lowest BCUT2D eigenvalue weighted by molar-refractivity contribution is 0.319. The van der Waals surface area contributed by atoms with Crippen molar-refractivity contribution in [3.8, 4) is 0 Å². The molecule has 0 bridgehead atoms. The van der Waals surface area contributed by atoms with Crippen LogP contribution in [0.1, 0.15) is 36.8 Å². The average molecular weight is 284 g/mol. The molecular formula is C18H24OSi. The molecule has 0 saturated carbocycles. The van der Waals surface area contributed by atoms with E-state index in [2.05, 4.69) is 67.6 Å². The van der Waals surface area contributed by atoms with Gasteiger partial charge in [0.15, 0.2) is 9.76 Å². The number of hydrogen-bond donors (Lipinski definition) is 0. The minimum Gasteiger partial charge on any atom is -0.424 e. The summed E-state index contributed by atoms with van der Waals surface area (Å²) in [6.45, 7) is 3.12. The molecule has 0 heterocycles. The highest BCUT2D eigenvalue weighted by atomic mass is 28.2. The molecule has 0 atom stereocenters. The lowest BCUT2D eigenvalue weighted by Crippen LogP contribution is -2.07. The van der Waals surface area contributed by atoms with Crippen LogP contribution in [0.2, 0.25) is 6.04 Å². The van der Waals surface area contributed by atoms with Gasteiger partial charge in [0, 0.05) is 12.5 Å². The van der Waals surface area contributed by atoms with Crippen LogP contribution in [-0.4, -0.2) is 16.4 Å². The molecule has 0 spiro atoms. The van der Waals surface area contributed by atoms with Gasteiger partial charge in [-0.1, -0.05) is 74.0 Å². The first kappa shape index (κ1) is 15.0. The van der Waals surface area contributed by atoms with Gasteiger partial charge in [-0.25, -0.2) is 0 Å². The summed E-state index contributed by atoms with van der Waals surface area (Å²) in [5, 5.41) is 0. The SMILES string of the molecule is CCC[SiH2]OCCC(c1ccccc1)c1ccccc1. The Bertz CT molecular complexity index is 430.